The van der Waals surface area contributed by atoms with Crippen molar-refractivity contribution in [3.63, 3.8) is 0 Å². The van der Waals surface area contributed by atoms with Gasteiger partial charge in [-0.1, -0.05) is 23.7 Å². The molecule has 0 aliphatic carbocycles. The van der Waals surface area contributed by atoms with Crippen LogP contribution in [0.5, 0.6) is 11.5 Å². The maximum absolute atomic E-state index is 11.8. The number of hydrazone groups is 1. The number of methoxy groups -OCH3 is 1. The van der Waals surface area contributed by atoms with Gasteiger partial charge in [0, 0.05) is 0 Å². The average molecular weight is 347 g/mol. The fourth-order valence-electron chi connectivity index (χ4n) is 2.09. The van der Waals surface area contributed by atoms with Crippen molar-refractivity contribution in [3.05, 3.63) is 58.1 Å². The lowest BCUT2D eigenvalue weighted by molar-refractivity contribution is -0.123. The van der Waals surface area contributed by atoms with Crippen LogP contribution in [0.3, 0.4) is 0 Å². The first-order valence-electron chi connectivity index (χ1n) is 7.36. The van der Waals surface area contributed by atoms with Crippen LogP contribution in [0.4, 0.5) is 0 Å². The maximum atomic E-state index is 11.8. The molecular weight excluding hydrogens is 328 g/mol. The summed E-state index contributed by atoms with van der Waals surface area (Å²) < 4.78 is 10.6. The Labute approximate surface area is 146 Å². The summed E-state index contributed by atoms with van der Waals surface area (Å²) in [4.78, 5) is 11.8. The van der Waals surface area contributed by atoms with Gasteiger partial charge in [-0.25, -0.2) is 5.43 Å². The number of amides is 1. The van der Waals surface area contributed by atoms with Gasteiger partial charge in [-0.3, -0.25) is 4.79 Å². The molecule has 0 saturated carbocycles. The van der Waals surface area contributed by atoms with Gasteiger partial charge in [0.2, 0.25) is 0 Å². The topological polar surface area (TPSA) is 59.9 Å². The molecule has 0 aromatic heterocycles. The van der Waals surface area contributed by atoms with Crippen molar-refractivity contribution in [2.75, 3.05) is 13.7 Å². The van der Waals surface area contributed by atoms with Gasteiger partial charge in [0.15, 0.2) is 6.61 Å². The van der Waals surface area contributed by atoms with Gasteiger partial charge in [-0.05, 0) is 54.8 Å². The third-order valence-electron chi connectivity index (χ3n) is 3.59. The first-order chi connectivity index (χ1) is 11.5. The van der Waals surface area contributed by atoms with E-state index in [-0.39, 0.29) is 12.5 Å². The number of halogens is 1. The minimum Gasteiger partial charge on any atom is -0.496 e. The lowest BCUT2D eigenvalue weighted by atomic mass is 10.0. The molecule has 2 rings (SSSR count). The predicted molar refractivity (Wildman–Crippen MR) is 95.2 cm³/mol. The normalized spacial score (nSPS) is 10.7. The molecule has 0 saturated heterocycles. The third-order valence-corrected chi connectivity index (χ3v) is 3.90. The minimum absolute atomic E-state index is 0.165. The summed E-state index contributed by atoms with van der Waals surface area (Å²) in [6.45, 7) is 3.78. The van der Waals surface area contributed by atoms with E-state index in [1.807, 2.05) is 26.0 Å². The highest BCUT2D eigenvalue weighted by molar-refractivity contribution is 6.32. The van der Waals surface area contributed by atoms with Crippen LogP contribution < -0.4 is 14.9 Å². The Hall–Kier alpha value is -2.53. The number of carbonyl (C=O) groups excluding carboxylic acids is 1. The molecule has 0 aliphatic heterocycles. The van der Waals surface area contributed by atoms with E-state index >= 15 is 0 Å². The number of hydrogen-bond donors (Lipinski definition) is 1. The Morgan fingerprint density at radius 3 is 2.62 bits per heavy atom. The van der Waals surface area contributed by atoms with E-state index in [0.717, 1.165) is 22.4 Å². The van der Waals surface area contributed by atoms with Gasteiger partial charge in [0.25, 0.3) is 5.91 Å². The molecule has 0 heterocycles. The molecule has 0 unspecified atom stereocenters. The summed E-state index contributed by atoms with van der Waals surface area (Å²) in [6, 6.07) is 10.7. The number of ether oxygens (including phenoxy) is 2. The van der Waals surface area contributed by atoms with Gasteiger partial charge in [0.05, 0.1) is 18.3 Å². The van der Waals surface area contributed by atoms with Crippen molar-refractivity contribution in [2.45, 2.75) is 13.8 Å². The van der Waals surface area contributed by atoms with E-state index in [1.54, 1.807) is 37.6 Å². The van der Waals surface area contributed by atoms with Gasteiger partial charge in [-0.2, -0.15) is 5.10 Å². The highest BCUT2D eigenvalue weighted by atomic mass is 35.5. The quantitative estimate of drug-likeness (QED) is 0.643. The molecular formula is C18H19ClN2O3. The van der Waals surface area contributed by atoms with Crippen LogP contribution in [0, 0.1) is 13.8 Å². The number of carbonyl (C=O) groups is 1. The molecule has 1 N–H and O–H groups in total. The average Bonchev–Trinajstić information content (AvgIpc) is 2.58. The SMILES string of the molecule is COc1ccc(C=NNC(=O)COc2ccccc2Cl)c(C)c1C. The molecule has 24 heavy (non-hydrogen) atoms. The van der Waals surface area contributed by atoms with Crippen molar-refractivity contribution in [1.29, 1.82) is 0 Å². The van der Waals surface area contributed by atoms with Crippen molar-refractivity contribution in [1.82, 2.24) is 5.43 Å². The van der Waals surface area contributed by atoms with Crippen LogP contribution in [-0.4, -0.2) is 25.8 Å². The van der Waals surface area contributed by atoms with Crippen LogP contribution in [0.2, 0.25) is 5.02 Å². The molecule has 1 amide bonds. The smallest absolute Gasteiger partial charge is 0.277 e. The van der Waals surface area contributed by atoms with Crippen LogP contribution in [0.1, 0.15) is 16.7 Å². The van der Waals surface area contributed by atoms with Crippen LogP contribution >= 0.6 is 11.6 Å². The second kappa shape index (κ2) is 8.36. The summed E-state index contributed by atoms with van der Waals surface area (Å²) >= 11 is 5.95. The maximum Gasteiger partial charge on any atom is 0.277 e. The summed E-state index contributed by atoms with van der Waals surface area (Å²) in [5.41, 5.74) is 5.41. The first-order valence-corrected chi connectivity index (χ1v) is 7.74. The lowest BCUT2D eigenvalue weighted by Crippen LogP contribution is -2.24. The number of rotatable bonds is 6. The predicted octanol–water partition coefficient (Wildman–Crippen LogP) is 3.49. The Balaban J connectivity index is 1.91. The summed E-state index contributed by atoms with van der Waals surface area (Å²) in [5, 5.41) is 4.41. The van der Waals surface area contributed by atoms with Gasteiger partial charge in [0.1, 0.15) is 11.5 Å². The first kappa shape index (κ1) is 17.8. The monoisotopic (exact) mass is 346 g/mol. The number of nitrogens with zero attached hydrogens (tertiary/aromatic N) is 1. The zero-order valence-electron chi connectivity index (χ0n) is 13.8. The van der Waals surface area contributed by atoms with E-state index in [9.17, 15) is 4.79 Å². The highest BCUT2D eigenvalue weighted by Crippen LogP contribution is 2.23. The Morgan fingerprint density at radius 2 is 1.92 bits per heavy atom. The van der Waals surface area contributed by atoms with E-state index < -0.39 is 0 Å². The molecule has 0 bridgehead atoms. The number of para-hydroxylation sites is 1. The molecule has 6 heteroatoms. The van der Waals surface area contributed by atoms with Crippen molar-refractivity contribution >= 4 is 23.7 Å². The molecule has 2 aromatic rings. The molecule has 0 radical (unpaired) electrons. The largest absolute Gasteiger partial charge is 0.496 e. The second-order valence-corrected chi connectivity index (χ2v) is 5.53. The second-order valence-electron chi connectivity index (χ2n) is 5.12. The van der Waals surface area contributed by atoms with Crippen molar-refractivity contribution in [2.24, 2.45) is 5.10 Å². The Morgan fingerprint density at radius 1 is 1.17 bits per heavy atom. The van der Waals surface area contributed by atoms with Gasteiger partial charge >= 0.3 is 0 Å². The van der Waals surface area contributed by atoms with E-state index in [2.05, 4.69) is 10.5 Å². The zero-order chi connectivity index (χ0) is 17.5. The van der Waals surface area contributed by atoms with E-state index in [0.29, 0.717) is 10.8 Å². The fraction of sp³-hybridized carbons (Fsp3) is 0.222. The van der Waals surface area contributed by atoms with E-state index in [4.69, 9.17) is 21.1 Å². The fourth-order valence-corrected chi connectivity index (χ4v) is 2.28. The lowest BCUT2D eigenvalue weighted by Gasteiger charge is -2.09. The van der Waals surface area contributed by atoms with Gasteiger partial charge < -0.3 is 9.47 Å². The van der Waals surface area contributed by atoms with Crippen LogP contribution in [-0.2, 0) is 4.79 Å². The zero-order valence-corrected chi connectivity index (χ0v) is 14.6. The van der Waals surface area contributed by atoms with Crippen molar-refractivity contribution < 1.29 is 14.3 Å². The Kier molecular flexibility index (Phi) is 6.21. The number of hydrogen-bond acceptors (Lipinski definition) is 4. The molecule has 5 nitrogen and oxygen atoms in total. The van der Waals surface area contributed by atoms with Crippen molar-refractivity contribution in [3.8, 4) is 11.5 Å². The van der Waals surface area contributed by atoms with Crippen LogP contribution in [0.15, 0.2) is 41.5 Å². The van der Waals surface area contributed by atoms with E-state index in [1.165, 1.54) is 0 Å². The molecule has 126 valence electrons. The highest BCUT2D eigenvalue weighted by Gasteiger charge is 2.06. The molecule has 0 spiro atoms. The summed E-state index contributed by atoms with van der Waals surface area (Å²) in [6.07, 6.45) is 1.59. The van der Waals surface area contributed by atoms with Gasteiger partial charge in [-0.15, -0.1) is 0 Å². The molecule has 0 aliphatic rings. The summed E-state index contributed by atoms with van der Waals surface area (Å²) in [5.74, 6) is 0.913. The molecule has 0 fully saturated rings. The Bertz CT molecular complexity index is 760. The summed E-state index contributed by atoms with van der Waals surface area (Å²) in [7, 11) is 1.63. The number of benzene rings is 2. The standard InChI is InChI=1S/C18H19ClN2O3/c1-12-13(2)16(23-3)9-8-14(12)10-20-21-18(22)11-24-17-7-5-4-6-15(17)19/h4-10H,11H2,1-3H3,(H,21,22). The minimum atomic E-state index is -0.367. The third kappa shape index (κ3) is 4.49. The molecule has 0 atom stereocenters. The number of nitrogens with one attached hydrogen (secondary N) is 1. The molecule has 2 aromatic carbocycles. The van der Waals surface area contributed by atoms with Crippen LogP contribution in [0.25, 0.3) is 0 Å².